The Morgan fingerprint density at radius 3 is 2.60 bits per heavy atom. The Morgan fingerprint density at radius 1 is 1.15 bits per heavy atom. The molecule has 2 rings (SSSR count). The second kappa shape index (κ2) is 8.02. The van der Waals surface area contributed by atoms with Gasteiger partial charge in [0.1, 0.15) is 0 Å². The predicted molar refractivity (Wildman–Crippen MR) is 83.6 cm³/mol. The van der Waals surface area contributed by atoms with Gasteiger partial charge in [-0.15, -0.1) is 0 Å². The largest absolute Gasteiger partial charge is 0.355 e. The second-order valence-corrected chi connectivity index (χ2v) is 7.01. The van der Waals surface area contributed by atoms with Gasteiger partial charge in [0.2, 0.25) is 5.91 Å². The maximum atomic E-state index is 12.2. The summed E-state index contributed by atoms with van der Waals surface area (Å²) in [5.74, 6) is 2.71. The van der Waals surface area contributed by atoms with Crippen LogP contribution in [0, 0.1) is 17.8 Å². The Morgan fingerprint density at radius 2 is 1.90 bits per heavy atom. The van der Waals surface area contributed by atoms with E-state index in [0.29, 0.717) is 0 Å². The van der Waals surface area contributed by atoms with Gasteiger partial charge in [0.15, 0.2) is 0 Å². The van der Waals surface area contributed by atoms with Crippen LogP contribution >= 0.6 is 0 Å². The zero-order valence-corrected chi connectivity index (χ0v) is 13.3. The maximum Gasteiger partial charge on any atom is 0.237 e. The standard InChI is InChI=1S/C17H32N2O/c1-3-14-8-10-18-16(12-14)17(20)19-11-9-15-6-4-13(2)5-7-15/h13-16,18H,3-12H2,1-2H3,(H,19,20). The molecule has 1 aliphatic carbocycles. The van der Waals surface area contributed by atoms with Crippen LogP contribution in [0.5, 0.6) is 0 Å². The van der Waals surface area contributed by atoms with E-state index in [1.165, 1.54) is 44.9 Å². The highest BCUT2D eigenvalue weighted by Crippen LogP contribution is 2.30. The first-order chi connectivity index (χ1) is 9.69. The van der Waals surface area contributed by atoms with Crippen LogP contribution in [0.4, 0.5) is 0 Å². The molecule has 116 valence electrons. The lowest BCUT2D eigenvalue weighted by atomic mass is 9.81. The van der Waals surface area contributed by atoms with Crippen molar-refractivity contribution in [2.75, 3.05) is 13.1 Å². The summed E-state index contributed by atoms with van der Waals surface area (Å²) in [4.78, 5) is 12.2. The molecule has 2 fully saturated rings. The van der Waals surface area contributed by atoms with Crippen molar-refractivity contribution in [3.63, 3.8) is 0 Å². The first kappa shape index (κ1) is 15.8. The molecule has 0 bridgehead atoms. The van der Waals surface area contributed by atoms with E-state index < -0.39 is 0 Å². The zero-order chi connectivity index (χ0) is 14.4. The summed E-state index contributed by atoms with van der Waals surface area (Å²) in [5.41, 5.74) is 0. The van der Waals surface area contributed by atoms with E-state index in [0.717, 1.165) is 37.3 Å². The topological polar surface area (TPSA) is 41.1 Å². The Hall–Kier alpha value is -0.570. The Balaban J connectivity index is 1.62. The fraction of sp³-hybridized carbons (Fsp3) is 0.941. The minimum atomic E-state index is 0.0556. The lowest BCUT2D eigenvalue weighted by molar-refractivity contribution is -0.124. The van der Waals surface area contributed by atoms with Crippen molar-refractivity contribution in [2.24, 2.45) is 17.8 Å². The van der Waals surface area contributed by atoms with Crippen molar-refractivity contribution < 1.29 is 4.79 Å². The van der Waals surface area contributed by atoms with Crippen molar-refractivity contribution in [1.29, 1.82) is 0 Å². The van der Waals surface area contributed by atoms with Gasteiger partial charge in [0.25, 0.3) is 0 Å². The molecular formula is C17H32N2O. The normalized spacial score (nSPS) is 34.7. The number of nitrogens with one attached hydrogen (secondary N) is 2. The number of rotatable bonds is 5. The van der Waals surface area contributed by atoms with E-state index in [2.05, 4.69) is 24.5 Å². The van der Waals surface area contributed by atoms with E-state index in [1.54, 1.807) is 0 Å². The second-order valence-electron chi connectivity index (χ2n) is 7.01. The van der Waals surface area contributed by atoms with E-state index >= 15 is 0 Å². The Bertz CT molecular complexity index is 297. The van der Waals surface area contributed by atoms with E-state index in [9.17, 15) is 4.79 Å². The van der Waals surface area contributed by atoms with Gasteiger partial charge in [-0.05, 0) is 43.6 Å². The fourth-order valence-corrected chi connectivity index (χ4v) is 3.71. The van der Waals surface area contributed by atoms with Crippen molar-refractivity contribution in [1.82, 2.24) is 10.6 Å². The van der Waals surface area contributed by atoms with Gasteiger partial charge in [-0.3, -0.25) is 4.79 Å². The Kier molecular flexibility index (Phi) is 6.34. The minimum absolute atomic E-state index is 0.0556. The van der Waals surface area contributed by atoms with Gasteiger partial charge in [-0.25, -0.2) is 0 Å². The van der Waals surface area contributed by atoms with Crippen LogP contribution in [0.15, 0.2) is 0 Å². The average molecular weight is 280 g/mol. The van der Waals surface area contributed by atoms with Gasteiger partial charge in [0, 0.05) is 6.54 Å². The number of amides is 1. The van der Waals surface area contributed by atoms with Crippen LogP contribution in [0.1, 0.15) is 65.2 Å². The number of hydrogen-bond acceptors (Lipinski definition) is 2. The van der Waals surface area contributed by atoms with Gasteiger partial charge in [0.05, 0.1) is 6.04 Å². The molecule has 3 heteroatoms. The van der Waals surface area contributed by atoms with Crippen LogP contribution in [0.25, 0.3) is 0 Å². The first-order valence-corrected chi connectivity index (χ1v) is 8.70. The summed E-state index contributed by atoms with van der Waals surface area (Å²) in [6.45, 7) is 6.45. The SMILES string of the molecule is CCC1CCNC(C(=O)NCCC2CCC(C)CC2)C1. The molecule has 0 aromatic carbocycles. The highest BCUT2D eigenvalue weighted by atomic mass is 16.2. The highest BCUT2D eigenvalue weighted by molar-refractivity contribution is 5.81. The lowest BCUT2D eigenvalue weighted by Gasteiger charge is -2.29. The van der Waals surface area contributed by atoms with Crippen LogP contribution in [-0.4, -0.2) is 25.0 Å². The molecule has 2 unspecified atom stereocenters. The summed E-state index contributed by atoms with van der Waals surface area (Å²) in [5, 5.41) is 6.52. The van der Waals surface area contributed by atoms with Crippen LogP contribution in [0.2, 0.25) is 0 Å². The highest BCUT2D eigenvalue weighted by Gasteiger charge is 2.25. The van der Waals surface area contributed by atoms with Gasteiger partial charge >= 0.3 is 0 Å². The van der Waals surface area contributed by atoms with Gasteiger partial charge in [-0.2, -0.15) is 0 Å². The molecule has 2 atom stereocenters. The maximum absolute atomic E-state index is 12.2. The zero-order valence-electron chi connectivity index (χ0n) is 13.3. The molecule has 2 N–H and O–H groups in total. The first-order valence-electron chi connectivity index (χ1n) is 8.70. The summed E-state index contributed by atoms with van der Waals surface area (Å²) in [6.07, 6.45) is 10.1. The summed E-state index contributed by atoms with van der Waals surface area (Å²) < 4.78 is 0. The monoisotopic (exact) mass is 280 g/mol. The van der Waals surface area contributed by atoms with Gasteiger partial charge in [-0.1, -0.05) is 46.0 Å². The number of piperidine rings is 1. The lowest BCUT2D eigenvalue weighted by Crippen LogP contribution is -2.49. The van der Waals surface area contributed by atoms with Crippen molar-refractivity contribution in [2.45, 2.75) is 71.3 Å². The molecule has 1 saturated heterocycles. The predicted octanol–water partition coefficient (Wildman–Crippen LogP) is 3.10. The quantitative estimate of drug-likeness (QED) is 0.812. The molecule has 1 saturated carbocycles. The summed E-state index contributed by atoms with van der Waals surface area (Å²) in [6, 6.07) is 0.0556. The molecule has 1 heterocycles. The molecular weight excluding hydrogens is 248 g/mol. The summed E-state index contributed by atoms with van der Waals surface area (Å²) in [7, 11) is 0. The molecule has 0 aromatic heterocycles. The van der Waals surface area contributed by atoms with Gasteiger partial charge < -0.3 is 10.6 Å². The van der Waals surface area contributed by atoms with Crippen molar-refractivity contribution in [3.8, 4) is 0 Å². The molecule has 20 heavy (non-hydrogen) atoms. The minimum Gasteiger partial charge on any atom is -0.355 e. The molecule has 0 spiro atoms. The molecule has 1 aliphatic heterocycles. The summed E-state index contributed by atoms with van der Waals surface area (Å²) >= 11 is 0. The Labute approximate surface area is 124 Å². The van der Waals surface area contributed by atoms with Crippen LogP contribution in [-0.2, 0) is 4.79 Å². The molecule has 2 aliphatic rings. The van der Waals surface area contributed by atoms with Crippen molar-refractivity contribution >= 4 is 5.91 Å². The van der Waals surface area contributed by atoms with E-state index in [1.807, 2.05) is 0 Å². The van der Waals surface area contributed by atoms with E-state index in [-0.39, 0.29) is 11.9 Å². The third-order valence-electron chi connectivity index (χ3n) is 5.39. The molecule has 0 aromatic rings. The third-order valence-corrected chi connectivity index (χ3v) is 5.39. The molecule has 3 nitrogen and oxygen atoms in total. The van der Waals surface area contributed by atoms with Crippen LogP contribution < -0.4 is 10.6 Å². The number of carbonyl (C=O) groups is 1. The number of carbonyl (C=O) groups excluding carboxylic acids is 1. The number of hydrogen-bond donors (Lipinski definition) is 2. The fourth-order valence-electron chi connectivity index (χ4n) is 3.71. The van der Waals surface area contributed by atoms with Crippen molar-refractivity contribution in [3.05, 3.63) is 0 Å². The smallest absolute Gasteiger partial charge is 0.237 e. The third kappa shape index (κ3) is 4.76. The molecule has 0 radical (unpaired) electrons. The average Bonchev–Trinajstić information content (AvgIpc) is 2.49. The van der Waals surface area contributed by atoms with E-state index in [4.69, 9.17) is 0 Å². The van der Waals surface area contributed by atoms with Crippen LogP contribution in [0.3, 0.4) is 0 Å². The molecule has 1 amide bonds.